The van der Waals surface area contributed by atoms with Crippen LogP contribution in [0.15, 0.2) is 36.7 Å². The first-order valence-electron chi connectivity index (χ1n) is 11.7. The number of rotatable bonds is 4. The van der Waals surface area contributed by atoms with Gasteiger partial charge in [0.2, 0.25) is 5.95 Å². The standard InChI is InChI=1S/C26H27FN6O3S/c1-26(2,3)36-25(35)32-18-5-4-8-33(14-18)23(34)21-10-19(15-6-7-16(11-28)20(27)9-15)22(37-21)17-12-30-24(29)31-13-17/h6-7,9-10,12-13,18H,4-5,8,14H2,1-3H3,(H,32,35)(H2,29,30,31)/t18-/m1/s1. The number of carbonyl (C=O) groups is 2. The second-order valence-corrected chi connectivity index (χ2v) is 10.8. The Kier molecular flexibility index (Phi) is 7.40. The van der Waals surface area contributed by atoms with Gasteiger partial charge in [-0.25, -0.2) is 19.2 Å². The average molecular weight is 523 g/mol. The van der Waals surface area contributed by atoms with E-state index in [0.29, 0.717) is 39.5 Å². The quantitative estimate of drug-likeness (QED) is 0.512. The third-order valence-electron chi connectivity index (χ3n) is 5.71. The SMILES string of the molecule is CC(C)(C)OC(=O)N[C@@H]1CCCN(C(=O)c2cc(-c3ccc(C#N)c(F)c3)c(-c3cnc(N)nc3)s2)C1. The zero-order chi connectivity index (χ0) is 26.7. The van der Waals surface area contributed by atoms with E-state index in [2.05, 4.69) is 15.3 Å². The fourth-order valence-electron chi connectivity index (χ4n) is 4.06. The highest BCUT2D eigenvalue weighted by molar-refractivity contribution is 7.18. The van der Waals surface area contributed by atoms with Crippen LogP contribution in [-0.4, -0.2) is 51.6 Å². The molecule has 1 fully saturated rings. The predicted octanol–water partition coefficient (Wildman–Crippen LogP) is 4.59. The van der Waals surface area contributed by atoms with E-state index in [1.54, 1.807) is 50.2 Å². The van der Waals surface area contributed by atoms with Crippen molar-refractivity contribution in [3.05, 3.63) is 52.9 Å². The summed E-state index contributed by atoms with van der Waals surface area (Å²) in [6.07, 6.45) is 4.04. The summed E-state index contributed by atoms with van der Waals surface area (Å²) >= 11 is 1.24. The Balaban J connectivity index is 1.62. The van der Waals surface area contributed by atoms with Gasteiger partial charge < -0.3 is 20.7 Å². The van der Waals surface area contributed by atoms with E-state index in [9.17, 15) is 14.0 Å². The molecule has 0 radical (unpaired) electrons. The van der Waals surface area contributed by atoms with Gasteiger partial charge in [-0.15, -0.1) is 11.3 Å². The van der Waals surface area contributed by atoms with Crippen molar-refractivity contribution in [3.63, 3.8) is 0 Å². The van der Waals surface area contributed by atoms with Crippen LogP contribution in [0.5, 0.6) is 0 Å². The number of nitrogens with zero attached hydrogens (tertiary/aromatic N) is 4. The molecule has 192 valence electrons. The molecule has 0 bridgehead atoms. The van der Waals surface area contributed by atoms with Crippen molar-refractivity contribution >= 4 is 29.3 Å². The number of piperidine rings is 1. The van der Waals surface area contributed by atoms with E-state index in [-0.39, 0.29) is 23.5 Å². The molecule has 9 nitrogen and oxygen atoms in total. The molecule has 4 rings (SSSR count). The van der Waals surface area contributed by atoms with Crippen molar-refractivity contribution in [1.82, 2.24) is 20.2 Å². The topological polar surface area (TPSA) is 134 Å². The lowest BCUT2D eigenvalue weighted by Crippen LogP contribution is -2.50. The number of likely N-dealkylation sites (tertiary alicyclic amines) is 1. The van der Waals surface area contributed by atoms with Crippen LogP contribution in [0.2, 0.25) is 0 Å². The Morgan fingerprint density at radius 3 is 2.62 bits per heavy atom. The van der Waals surface area contributed by atoms with E-state index < -0.39 is 17.5 Å². The first-order chi connectivity index (χ1) is 17.5. The van der Waals surface area contributed by atoms with Crippen LogP contribution < -0.4 is 11.1 Å². The van der Waals surface area contributed by atoms with E-state index in [0.717, 1.165) is 12.8 Å². The number of alkyl carbamates (subject to hydrolysis) is 1. The van der Waals surface area contributed by atoms with E-state index >= 15 is 0 Å². The van der Waals surface area contributed by atoms with Gasteiger partial charge in [-0.3, -0.25) is 4.79 Å². The Hall–Kier alpha value is -4.04. The molecule has 0 aliphatic carbocycles. The fourth-order valence-corrected chi connectivity index (χ4v) is 5.19. The number of thiophene rings is 1. The second kappa shape index (κ2) is 10.5. The van der Waals surface area contributed by atoms with Crippen LogP contribution in [0.1, 0.15) is 48.8 Å². The maximum Gasteiger partial charge on any atom is 0.407 e. The summed E-state index contributed by atoms with van der Waals surface area (Å²) in [5.74, 6) is -0.733. The molecule has 0 unspecified atom stereocenters. The zero-order valence-corrected chi connectivity index (χ0v) is 21.6. The third-order valence-corrected chi connectivity index (χ3v) is 6.88. The monoisotopic (exact) mass is 522 g/mol. The molecular weight excluding hydrogens is 495 g/mol. The Bertz CT molecular complexity index is 1360. The highest BCUT2D eigenvalue weighted by Crippen LogP contribution is 2.40. The molecule has 37 heavy (non-hydrogen) atoms. The normalized spacial score (nSPS) is 15.6. The van der Waals surface area contributed by atoms with Crippen molar-refractivity contribution in [2.24, 2.45) is 0 Å². The van der Waals surface area contributed by atoms with Crippen molar-refractivity contribution in [2.45, 2.75) is 45.3 Å². The molecule has 1 aliphatic heterocycles. The zero-order valence-electron chi connectivity index (χ0n) is 20.7. The number of carbonyl (C=O) groups excluding carboxylic acids is 2. The van der Waals surface area contributed by atoms with Gasteiger partial charge in [0.1, 0.15) is 17.5 Å². The van der Waals surface area contributed by atoms with Crippen LogP contribution in [0.4, 0.5) is 15.1 Å². The molecule has 3 heterocycles. The molecule has 3 aromatic rings. The van der Waals surface area contributed by atoms with Gasteiger partial charge in [0.15, 0.2) is 0 Å². The number of anilines is 1. The van der Waals surface area contributed by atoms with Gasteiger partial charge in [-0.2, -0.15) is 5.26 Å². The van der Waals surface area contributed by atoms with Crippen LogP contribution in [0, 0.1) is 17.1 Å². The lowest BCUT2D eigenvalue weighted by molar-refractivity contribution is 0.0453. The van der Waals surface area contributed by atoms with E-state index in [4.69, 9.17) is 15.7 Å². The lowest BCUT2D eigenvalue weighted by Gasteiger charge is -2.33. The van der Waals surface area contributed by atoms with Gasteiger partial charge in [-0.1, -0.05) is 6.07 Å². The number of ether oxygens (including phenoxy) is 1. The van der Waals surface area contributed by atoms with Crippen LogP contribution >= 0.6 is 11.3 Å². The van der Waals surface area contributed by atoms with Crippen molar-refractivity contribution in [3.8, 4) is 27.6 Å². The summed E-state index contributed by atoms with van der Waals surface area (Å²) in [7, 11) is 0. The lowest BCUT2D eigenvalue weighted by atomic mass is 10.0. The summed E-state index contributed by atoms with van der Waals surface area (Å²) in [6.45, 7) is 6.27. The van der Waals surface area contributed by atoms with Gasteiger partial charge in [0.05, 0.1) is 10.4 Å². The first kappa shape index (κ1) is 26.0. The fraction of sp³-hybridized carbons (Fsp3) is 0.346. The molecule has 2 aromatic heterocycles. The largest absolute Gasteiger partial charge is 0.444 e. The maximum atomic E-state index is 14.4. The molecular formula is C26H27FN6O3S. The minimum absolute atomic E-state index is 0.0653. The van der Waals surface area contributed by atoms with E-state index in [1.165, 1.54) is 23.5 Å². The molecule has 0 spiro atoms. The Morgan fingerprint density at radius 1 is 1.24 bits per heavy atom. The number of nitriles is 1. The summed E-state index contributed by atoms with van der Waals surface area (Å²) in [5, 5.41) is 11.9. The van der Waals surface area contributed by atoms with Gasteiger partial charge >= 0.3 is 6.09 Å². The number of amides is 2. The summed E-state index contributed by atoms with van der Waals surface area (Å²) in [4.78, 5) is 36.7. The van der Waals surface area contributed by atoms with Crippen molar-refractivity contribution in [2.75, 3.05) is 18.8 Å². The minimum Gasteiger partial charge on any atom is -0.444 e. The molecule has 1 saturated heterocycles. The Morgan fingerprint density at radius 2 is 1.97 bits per heavy atom. The number of aromatic nitrogens is 2. The molecule has 1 atom stereocenters. The second-order valence-electron chi connectivity index (χ2n) is 9.73. The summed E-state index contributed by atoms with van der Waals surface area (Å²) in [5.41, 5.74) is 6.72. The molecule has 1 aliphatic rings. The number of nitrogens with two attached hydrogens (primary N) is 1. The predicted molar refractivity (Wildman–Crippen MR) is 138 cm³/mol. The maximum absolute atomic E-state index is 14.4. The molecule has 2 amide bonds. The molecule has 1 aromatic carbocycles. The van der Waals surface area contributed by atoms with Crippen LogP contribution in [0.25, 0.3) is 21.6 Å². The summed E-state index contributed by atoms with van der Waals surface area (Å²) in [6, 6.07) is 7.62. The van der Waals surface area contributed by atoms with Gasteiger partial charge in [0, 0.05) is 47.5 Å². The number of nitrogens with one attached hydrogen (secondary N) is 1. The van der Waals surface area contributed by atoms with Crippen LogP contribution in [-0.2, 0) is 4.74 Å². The van der Waals surface area contributed by atoms with Gasteiger partial charge in [0.25, 0.3) is 5.91 Å². The summed E-state index contributed by atoms with van der Waals surface area (Å²) < 4.78 is 19.8. The molecule has 0 saturated carbocycles. The highest BCUT2D eigenvalue weighted by atomic mass is 32.1. The number of benzene rings is 1. The molecule has 3 N–H and O–H groups in total. The highest BCUT2D eigenvalue weighted by Gasteiger charge is 2.29. The first-order valence-corrected chi connectivity index (χ1v) is 12.6. The number of halogens is 1. The third kappa shape index (κ3) is 6.21. The number of nitrogen functional groups attached to an aromatic ring is 1. The van der Waals surface area contributed by atoms with E-state index in [1.807, 2.05) is 6.07 Å². The average Bonchev–Trinajstić information content (AvgIpc) is 3.28. The van der Waals surface area contributed by atoms with Crippen LogP contribution in [0.3, 0.4) is 0 Å². The van der Waals surface area contributed by atoms with Crippen molar-refractivity contribution < 1.29 is 18.7 Å². The van der Waals surface area contributed by atoms with Gasteiger partial charge in [-0.05, 0) is 57.4 Å². The minimum atomic E-state index is -0.648. The smallest absolute Gasteiger partial charge is 0.407 e. The Labute approximate surface area is 218 Å². The van der Waals surface area contributed by atoms with Crippen molar-refractivity contribution in [1.29, 1.82) is 5.26 Å². The number of hydrogen-bond donors (Lipinski definition) is 2. The molecule has 11 heteroatoms. The number of hydrogen-bond acceptors (Lipinski definition) is 8.